The van der Waals surface area contributed by atoms with E-state index in [1.54, 1.807) is 0 Å². The maximum absolute atomic E-state index is 2.42. The van der Waals surface area contributed by atoms with Crippen LogP contribution < -0.4 is 0 Å². The van der Waals surface area contributed by atoms with E-state index >= 15 is 0 Å². The number of rotatable bonds is 6. The van der Waals surface area contributed by atoms with Gasteiger partial charge in [-0.3, -0.25) is 0 Å². The molecule has 1 rings (SSSR count). The van der Waals surface area contributed by atoms with Gasteiger partial charge in [0.2, 0.25) is 0 Å². The molecule has 1 heteroatoms. The van der Waals surface area contributed by atoms with Crippen molar-refractivity contribution >= 4 is 6.08 Å². The largest absolute Gasteiger partial charge is 0.377 e. The Balaban J connectivity index is 2.61. The molecule has 0 N–H and O–H groups in total. The van der Waals surface area contributed by atoms with Crippen LogP contribution in [0.4, 0.5) is 0 Å². The normalized spacial score (nSPS) is 11.6. The molecule has 0 amide bonds. The van der Waals surface area contributed by atoms with Crippen molar-refractivity contribution in [3.8, 4) is 0 Å². The van der Waals surface area contributed by atoms with Gasteiger partial charge in [-0.2, -0.15) is 0 Å². The van der Waals surface area contributed by atoms with Gasteiger partial charge in [0.15, 0.2) is 0 Å². The molecule has 0 heterocycles. The molecule has 0 aromatic heterocycles. The molecule has 94 valence electrons. The Morgan fingerprint density at radius 1 is 0.941 bits per heavy atom. The summed E-state index contributed by atoms with van der Waals surface area (Å²) in [6.45, 7) is 11.3. The Labute approximate surface area is 106 Å². The second-order valence-electron chi connectivity index (χ2n) is 5.47. The van der Waals surface area contributed by atoms with Crippen LogP contribution in [0, 0.1) is 11.8 Å². The molecule has 0 aliphatic rings. The maximum atomic E-state index is 2.42. The Hall–Kier alpha value is -1.24. The Morgan fingerprint density at radius 3 is 1.94 bits per heavy atom. The molecule has 0 atom stereocenters. The second-order valence-corrected chi connectivity index (χ2v) is 5.47. The van der Waals surface area contributed by atoms with Crippen LogP contribution in [0.3, 0.4) is 0 Å². The molecule has 0 aliphatic heterocycles. The van der Waals surface area contributed by atoms with Gasteiger partial charge in [-0.25, -0.2) is 0 Å². The zero-order chi connectivity index (χ0) is 12.7. The third-order valence-corrected chi connectivity index (χ3v) is 2.48. The van der Waals surface area contributed by atoms with Gasteiger partial charge in [0.1, 0.15) is 0 Å². The lowest BCUT2D eigenvalue weighted by atomic mass is 10.1. The summed E-state index contributed by atoms with van der Waals surface area (Å²) in [7, 11) is 0. The van der Waals surface area contributed by atoms with Gasteiger partial charge in [-0.05, 0) is 29.7 Å². The van der Waals surface area contributed by atoms with Gasteiger partial charge >= 0.3 is 0 Å². The van der Waals surface area contributed by atoms with Crippen LogP contribution in [0.1, 0.15) is 33.3 Å². The minimum Gasteiger partial charge on any atom is -0.377 e. The predicted octanol–water partition coefficient (Wildman–Crippen LogP) is 4.27. The minimum absolute atomic E-state index is 0.703. The molecule has 0 saturated carbocycles. The van der Waals surface area contributed by atoms with Crippen LogP contribution >= 0.6 is 0 Å². The van der Waals surface area contributed by atoms with Crippen LogP contribution in [-0.4, -0.2) is 18.0 Å². The summed E-state index contributed by atoms with van der Waals surface area (Å²) in [5.74, 6) is 1.41. The van der Waals surface area contributed by atoms with Crippen LogP contribution in [0.2, 0.25) is 0 Å². The van der Waals surface area contributed by atoms with E-state index in [0.717, 1.165) is 13.1 Å². The SMILES string of the molecule is CC(C)CN(C=Cc1ccccc1)CC(C)C. The first-order valence-electron chi connectivity index (χ1n) is 6.55. The Bertz CT molecular complexity index is 315. The number of nitrogens with zero attached hydrogens (tertiary/aromatic N) is 1. The van der Waals surface area contributed by atoms with Gasteiger partial charge in [0.05, 0.1) is 0 Å². The minimum atomic E-state index is 0.703. The maximum Gasteiger partial charge on any atom is 0.0195 e. The molecule has 0 aliphatic carbocycles. The highest BCUT2D eigenvalue weighted by Gasteiger charge is 2.04. The average Bonchev–Trinajstić information content (AvgIpc) is 2.26. The summed E-state index contributed by atoms with van der Waals surface area (Å²) in [5, 5.41) is 0. The molecule has 1 aromatic carbocycles. The highest BCUT2D eigenvalue weighted by molar-refractivity contribution is 5.48. The van der Waals surface area contributed by atoms with Crippen molar-refractivity contribution in [2.45, 2.75) is 27.7 Å². The first-order valence-corrected chi connectivity index (χ1v) is 6.55. The first kappa shape index (κ1) is 13.8. The molecular formula is C16H25N. The van der Waals surface area contributed by atoms with Crippen molar-refractivity contribution in [1.82, 2.24) is 4.90 Å². The lowest BCUT2D eigenvalue weighted by Crippen LogP contribution is -2.26. The monoisotopic (exact) mass is 231 g/mol. The molecule has 0 saturated heterocycles. The van der Waals surface area contributed by atoms with Crippen molar-refractivity contribution in [3.05, 3.63) is 42.1 Å². The van der Waals surface area contributed by atoms with E-state index in [-0.39, 0.29) is 0 Å². The first-order chi connectivity index (χ1) is 8.08. The van der Waals surface area contributed by atoms with E-state index in [1.807, 2.05) is 0 Å². The van der Waals surface area contributed by atoms with Crippen LogP contribution in [0.15, 0.2) is 36.5 Å². The summed E-state index contributed by atoms with van der Waals surface area (Å²) in [4.78, 5) is 2.42. The second kappa shape index (κ2) is 7.16. The van der Waals surface area contributed by atoms with E-state index in [1.165, 1.54) is 5.56 Å². The fraction of sp³-hybridized carbons (Fsp3) is 0.500. The van der Waals surface area contributed by atoms with E-state index in [4.69, 9.17) is 0 Å². The van der Waals surface area contributed by atoms with E-state index < -0.39 is 0 Å². The van der Waals surface area contributed by atoms with Gasteiger partial charge in [-0.1, -0.05) is 58.0 Å². The molecular weight excluding hydrogens is 206 g/mol. The Kier molecular flexibility index (Phi) is 5.82. The molecule has 0 bridgehead atoms. The molecule has 0 unspecified atom stereocenters. The van der Waals surface area contributed by atoms with Gasteiger partial charge in [-0.15, -0.1) is 0 Å². The summed E-state index contributed by atoms with van der Waals surface area (Å²) in [6, 6.07) is 10.5. The van der Waals surface area contributed by atoms with Gasteiger partial charge < -0.3 is 4.90 Å². The fourth-order valence-electron chi connectivity index (χ4n) is 1.89. The quantitative estimate of drug-likeness (QED) is 0.706. The van der Waals surface area contributed by atoms with Gasteiger partial charge in [0.25, 0.3) is 0 Å². The number of hydrogen-bond acceptors (Lipinski definition) is 1. The van der Waals surface area contributed by atoms with Crippen molar-refractivity contribution in [2.75, 3.05) is 13.1 Å². The zero-order valence-corrected chi connectivity index (χ0v) is 11.6. The molecule has 1 aromatic rings. The number of benzene rings is 1. The summed E-state index contributed by atoms with van der Waals surface area (Å²) in [5.41, 5.74) is 1.27. The topological polar surface area (TPSA) is 3.24 Å². The summed E-state index contributed by atoms with van der Waals surface area (Å²) >= 11 is 0. The van der Waals surface area contributed by atoms with Gasteiger partial charge in [0, 0.05) is 13.1 Å². The summed E-state index contributed by atoms with van der Waals surface area (Å²) < 4.78 is 0. The molecule has 0 fully saturated rings. The van der Waals surface area contributed by atoms with Crippen molar-refractivity contribution in [2.24, 2.45) is 11.8 Å². The highest BCUT2D eigenvalue weighted by atomic mass is 15.1. The predicted molar refractivity (Wildman–Crippen MR) is 76.7 cm³/mol. The van der Waals surface area contributed by atoms with E-state index in [2.05, 4.69) is 75.2 Å². The highest BCUT2D eigenvalue weighted by Crippen LogP contribution is 2.07. The summed E-state index contributed by atoms with van der Waals surface area (Å²) in [6.07, 6.45) is 4.43. The van der Waals surface area contributed by atoms with Crippen LogP contribution in [0.5, 0.6) is 0 Å². The van der Waals surface area contributed by atoms with Crippen LogP contribution in [0.25, 0.3) is 6.08 Å². The smallest absolute Gasteiger partial charge is 0.0195 e. The Morgan fingerprint density at radius 2 is 1.47 bits per heavy atom. The fourth-order valence-corrected chi connectivity index (χ4v) is 1.89. The lowest BCUT2D eigenvalue weighted by Gasteiger charge is -2.24. The van der Waals surface area contributed by atoms with Crippen LogP contribution in [-0.2, 0) is 0 Å². The third kappa shape index (κ3) is 6.15. The third-order valence-electron chi connectivity index (χ3n) is 2.48. The molecule has 0 radical (unpaired) electrons. The van der Waals surface area contributed by atoms with E-state index in [0.29, 0.717) is 11.8 Å². The van der Waals surface area contributed by atoms with Crippen molar-refractivity contribution in [3.63, 3.8) is 0 Å². The number of hydrogen-bond donors (Lipinski definition) is 0. The molecule has 17 heavy (non-hydrogen) atoms. The average molecular weight is 231 g/mol. The van der Waals surface area contributed by atoms with E-state index in [9.17, 15) is 0 Å². The van der Waals surface area contributed by atoms with Crippen molar-refractivity contribution in [1.29, 1.82) is 0 Å². The van der Waals surface area contributed by atoms with Crippen molar-refractivity contribution < 1.29 is 0 Å². The zero-order valence-electron chi connectivity index (χ0n) is 11.6. The standard InChI is InChI=1S/C16H25N/c1-14(2)12-17(13-15(3)4)11-10-16-8-6-5-7-9-16/h5-11,14-15H,12-13H2,1-4H3. The lowest BCUT2D eigenvalue weighted by molar-refractivity contribution is 0.298. The molecule has 1 nitrogen and oxygen atoms in total. The molecule has 0 spiro atoms.